The number of rotatable bonds is 3. The summed E-state index contributed by atoms with van der Waals surface area (Å²) >= 11 is 12.1. The van der Waals surface area contributed by atoms with Gasteiger partial charge >= 0.3 is 0 Å². The Morgan fingerprint density at radius 3 is 2.67 bits per heavy atom. The number of nitrogens with zero attached hydrogens (tertiary/aromatic N) is 2. The summed E-state index contributed by atoms with van der Waals surface area (Å²) in [6, 6.07) is 13.2. The number of halogens is 2. The zero-order valence-corrected chi connectivity index (χ0v) is 12.6. The Labute approximate surface area is 132 Å². The van der Waals surface area contributed by atoms with Gasteiger partial charge in [-0.2, -0.15) is 5.10 Å². The summed E-state index contributed by atoms with van der Waals surface area (Å²) in [4.78, 5) is 0. The van der Waals surface area contributed by atoms with Gasteiger partial charge in [-0.25, -0.2) is 0 Å². The van der Waals surface area contributed by atoms with Crippen molar-refractivity contribution in [1.82, 2.24) is 9.78 Å². The van der Waals surface area contributed by atoms with Gasteiger partial charge in [0, 0.05) is 33.1 Å². The maximum atomic E-state index is 6.18. The molecule has 5 heteroatoms. The molecule has 3 aromatic rings. The monoisotopic (exact) mass is 317 g/mol. The first kappa shape index (κ1) is 14.0. The van der Waals surface area contributed by atoms with Gasteiger partial charge in [0.15, 0.2) is 0 Å². The summed E-state index contributed by atoms with van der Waals surface area (Å²) in [6.45, 7) is 0.586. The molecule has 106 valence electrons. The van der Waals surface area contributed by atoms with Crippen LogP contribution in [0.25, 0.3) is 11.1 Å². The quantitative estimate of drug-likeness (QED) is 0.723. The molecule has 2 aromatic carbocycles. The van der Waals surface area contributed by atoms with Crippen LogP contribution in [0.1, 0.15) is 5.56 Å². The van der Waals surface area contributed by atoms with Crippen LogP contribution in [0.15, 0.2) is 54.9 Å². The van der Waals surface area contributed by atoms with Crippen LogP contribution < -0.4 is 5.73 Å². The fraction of sp³-hybridized carbons (Fsp3) is 0.0625. The van der Waals surface area contributed by atoms with Crippen LogP contribution in [0.3, 0.4) is 0 Å². The predicted octanol–water partition coefficient (Wildman–Crippen LogP) is 4.49. The van der Waals surface area contributed by atoms with Crippen LogP contribution in [0.4, 0.5) is 5.69 Å². The number of para-hydroxylation sites is 1. The molecule has 2 N–H and O–H groups in total. The fourth-order valence-electron chi connectivity index (χ4n) is 2.17. The molecular formula is C16H13Cl2N3. The molecule has 0 unspecified atom stereocenters. The minimum absolute atomic E-state index is 0.586. The normalized spacial score (nSPS) is 10.8. The lowest BCUT2D eigenvalue weighted by Crippen LogP contribution is -2.00. The van der Waals surface area contributed by atoms with E-state index in [1.165, 1.54) is 0 Å². The predicted molar refractivity (Wildman–Crippen MR) is 87.6 cm³/mol. The second kappa shape index (κ2) is 5.80. The van der Waals surface area contributed by atoms with Crippen molar-refractivity contribution in [2.45, 2.75) is 6.54 Å². The highest BCUT2D eigenvalue weighted by Crippen LogP contribution is 2.26. The Kier molecular flexibility index (Phi) is 3.86. The zero-order chi connectivity index (χ0) is 14.8. The van der Waals surface area contributed by atoms with Gasteiger partial charge in [-0.1, -0.05) is 47.5 Å². The zero-order valence-electron chi connectivity index (χ0n) is 11.1. The summed E-state index contributed by atoms with van der Waals surface area (Å²) in [7, 11) is 0. The molecular weight excluding hydrogens is 305 g/mol. The number of nitrogens with two attached hydrogens (primary N) is 1. The topological polar surface area (TPSA) is 43.8 Å². The van der Waals surface area contributed by atoms with Crippen molar-refractivity contribution in [3.63, 3.8) is 0 Å². The molecule has 0 saturated heterocycles. The van der Waals surface area contributed by atoms with Gasteiger partial charge in [0.2, 0.25) is 0 Å². The summed E-state index contributed by atoms with van der Waals surface area (Å²) < 4.78 is 1.83. The molecule has 0 amide bonds. The summed E-state index contributed by atoms with van der Waals surface area (Å²) in [5.41, 5.74) is 9.65. The number of hydrogen-bond donors (Lipinski definition) is 1. The molecule has 21 heavy (non-hydrogen) atoms. The van der Waals surface area contributed by atoms with Crippen molar-refractivity contribution in [3.05, 3.63) is 70.5 Å². The van der Waals surface area contributed by atoms with E-state index in [1.807, 2.05) is 47.3 Å². The summed E-state index contributed by atoms with van der Waals surface area (Å²) in [5.74, 6) is 0. The van der Waals surface area contributed by atoms with E-state index in [4.69, 9.17) is 28.9 Å². The lowest BCUT2D eigenvalue weighted by atomic mass is 10.1. The highest BCUT2D eigenvalue weighted by Gasteiger charge is 2.07. The van der Waals surface area contributed by atoms with Crippen LogP contribution in [-0.2, 0) is 6.54 Å². The number of aromatic nitrogens is 2. The minimum atomic E-state index is 0.586. The van der Waals surface area contributed by atoms with E-state index in [2.05, 4.69) is 5.10 Å². The molecule has 0 fully saturated rings. The second-order valence-electron chi connectivity index (χ2n) is 4.75. The Morgan fingerprint density at radius 2 is 1.90 bits per heavy atom. The van der Waals surface area contributed by atoms with Gasteiger partial charge in [0.05, 0.1) is 12.7 Å². The van der Waals surface area contributed by atoms with Crippen molar-refractivity contribution in [1.29, 1.82) is 0 Å². The summed E-state index contributed by atoms with van der Waals surface area (Å²) in [6.07, 6.45) is 3.76. The Balaban J connectivity index is 1.87. The van der Waals surface area contributed by atoms with E-state index < -0.39 is 0 Å². The van der Waals surface area contributed by atoms with E-state index in [1.54, 1.807) is 12.3 Å². The maximum Gasteiger partial charge on any atom is 0.0674 e. The Bertz CT molecular complexity index is 781. The molecule has 3 rings (SSSR count). The van der Waals surface area contributed by atoms with Crippen molar-refractivity contribution in [3.8, 4) is 11.1 Å². The Morgan fingerprint density at radius 1 is 1.10 bits per heavy atom. The van der Waals surface area contributed by atoms with E-state index in [0.717, 1.165) is 22.4 Å². The van der Waals surface area contributed by atoms with Crippen molar-refractivity contribution in [2.75, 3.05) is 5.73 Å². The van der Waals surface area contributed by atoms with Crippen LogP contribution in [-0.4, -0.2) is 9.78 Å². The number of benzene rings is 2. The smallest absolute Gasteiger partial charge is 0.0674 e. The molecule has 0 aliphatic rings. The first-order valence-corrected chi connectivity index (χ1v) is 7.20. The minimum Gasteiger partial charge on any atom is -0.398 e. The highest BCUT2D eigenvalue weighted by atomic mass is 35.5. The second-order valence-corrected chi connectivity index (χ2v) is 5.59. The van der Waals surface area contributed by atoms with Crippen LogP contribution in [0, 0.1) is 0 Å². The maximum absolute atomic E-state index is 6.18. The number of hydrogen-bond acceptors (Lipinski definition) is 2. The fourth-order valence-corrected chi connectivity index (χ4v) is 2.64. The van der Waals surface area contributed by atoms with Gasteiger partial charge in [-0.05, 0) is 23.8 Å². The number of anilines is 1. The SMILES string of the molecule is Nc1ccccc1-c1cnn(Cc2ccc(Cl)cc2Cl)c1. The third-order valence-electron chi connectivity index (χ3n) is 3.25. The third-order valence-corrected chi connectivity index (χ3v) is 3.84. The molecule has 1 aromatic heterocycles. The highest BCUT2D eigenvalue weighted by molar-refractivity contribution is 6.35. The first-order valence-electron chi connectivity index (χ1n) is 6.45. The molecule has 0 atom stereocenters. The van der Waals surface area contributed by atoms with Gasteiger partial charge in [-0.15, -0.1) is 0 Å². The molecule has 0 spiro atoms. The molecule has 0 radical (unpaired) electrons. The van der Waals surface area contributed by atoms with Gasteiger partial charge in [0.1, 0.15) is 0 Å². The number of nitrogen functional groups attached to an aromatic ring is 1. The van der Waals surface area contributed by atoms with Crippen LogP contribution in [0.5, 0.6) is 0 Å². The van der Waals surface area contributed by atoms with Crippen molar-refractivity contribution in [2.24, 2.45) is 0 Å². The molecule has 0 saturated carbocycles. The van der Waals surface area contributed by atoms with Crippen LogP contribution in [0.2, 0.25) is 10.0 Å². The molecule has 0 aliphatic heterocycles. The van der Waals surface area contributed by atoms with Crippen molar-refractivity contribution >= 4 is 28.9 Å². The largest absolute Gasteiger partial charge is 0.398 e. The Hall–Kier alpha value is -1.97. The van der Waals surface area contributed by atoms with Crippen LogP contribution >= 0.6 is 23.2 Å². The van der Waals surface area contributed by atoms with E-state index >= 15 is 0 Å². The molecule has 1 heterocycles. The van der Waals surface area contributed by atoms with Gasteiger partial charge in [-0.3, -0.25) is 4.68 Å². The van der Waals surface area contributed by atoms with E-state index in [0.29, 0.717) is 16.6 Å². The third kappa shape index (κ3) is 3.04. The average molecular weight is 318 g/mol. The standard InChI is InChI=1S/C16H13Cl2N3/c17-13-6-5-11(15(18)7-13)9-21-10-12(8-20-21)14-3-1-2-4-16(14)19/h1-8,10H,9,19H2. The van der Waals surface area contributed by atoms with Gasteiger partial charge in [0.25, 0.3) is 0 Å². The lowest BCUT2D eigenvalue weighted by Gasteiger charge is -2.05. The molecule has 0 aliphatic carbocycles. The summed E-state index contributed by atoms with van der Waals surface area (Å²) in [5, 5.41) is 5.63. The van der Waals surface area contributed by atoms with Crippen molar-refractivity contribution < 1.29 is 0 Å². The average Bonchev–Trinajstić information content (AvgIpc) is 2.91. The van der Waals surface area contributed by atoms with E-state index in [9.17, 15) is 0 Å². The first-order chi connectivity index (χ1) is 10.1. The van der Waals surface area contributed by atoms with Gasteiger partial charge < -0.3 is 5.73 Å². The molecule has 0 bridgehead atoms. The van der Waals surface area contributed by atoms with E-state index in [-0.39, 0.29) is 0 Å². The lowest BCUT2D eigenvalue weighted by molar-refractivity contribution is 0.687. The molecule has 3 nitrogen and oxygen atoms in total.